The second-order valence-corrected chi connectivity index (χ2v) is 7.47. The van der Waals surface area contributed by atoms with Gasteiger partial charge >= 0.3 is 0 Å². The van der Waals surface area contributed by atoms with Crippen LogP contribution in [0.5, 0.6) is 0 Å². The molecule has 0 aliphatic heterocycles. The van der Waals surface area contributed by atoms with Gasteiger partial charge in [0.15, 0.2) is 0 Å². The summed E-state index contributed by atoms with van der Waals surface area (Å²) in [5.74, 6) is 0.953. The fraction of sp³-hybridized carbons (Fsp3) is 0.455. The van der Waals surface area contributed by atoms with E-state index in [4.69, 9.17) is 0 Å². The van der Waals surface area contributed by atoms with Gasteiger partial charge in [0.2, 0.25) is 0 Å². The van der Waals surface area contributed by atoms with Crippen molar-refractivity contribution in [3.63, 3.8) is 0 Å². The molecule has 0 spiro atoms. The van der Waals surface area contributed by atoms with E-state index in [0.717, 1.165) is 32.1 Å². The zero-order chi connectivity index (χ0) is 16.8. The lowest BCUT2D eigenvalue weighted by Gasteiger charge is -2.24. The van der Waals surface area contributed by atoms with Crippen LogP contribution in [0.1, 0.15) is 29.5 Å². The lowest BCUT2D eigenvalue weighted by atomic mass is 10.1. The first-order chi connectivity index (χ1) is 11.7. The number of hydrogen-bond donors (Lipinski definition) is 0. The Kier molecular flexibility index (Phi) is 6.06. The van der Waals surface area contributed by atoms with Crippen molar-refractivity contribution in [2.75, 3.05) is 27.2 Å². The molecule has 0 amide bonds. The van der Waals surface area contributed by atoms with Crippen molar-refractivity contribution in [1.29, 1.82) is 0 Å². The molecule has 0 saturated heterocycles. The minimum absolute atomic E-state index is 0.953. The van der Waals surface area contributed by atoms with Crippen LogP contribution < -0.4 is 0 Å². The normalized spacial score (nSPS) is 14.5. The average molecular weight is 322 g/mol. The largest absolute Gasteiger partial charge is 0.308 e. The Hall–Kier alpha value is -1.64. The predicted molar refractivity (Wildman–Crippen MR) is 102 cm³/mol. The van der Waals surface area contributed by atoms with E-state index in [9.17, 15) is 0 Å². The van der Waals surface area contributed by atoms with Crippen LogP contribution in [-0.2, 0) is 19.5 Å². The third-order valence-electron chi connectivity index (χ3n) is 4.73. The van der Waals surface area contributed by atoms with Crippen LogP contribution in [0.4, 0.5) is 0 Å². The Morgan fingerprint density at radius 3 is 2.17 bits per heavy atom. The van der Waals surface area contributed by atoms with Crippen LogP contribution in [0, 0.1) is 5.92 Å². The van der Waals surface area contributed by atoms with Crippen molar-refractivity contribution in [2.45, 2.75) is 32.4 Å². The van der Waals surface area contributed by atoms with E-state index in [-0.39, 0.29) is 0 Å². The zero-order valence-corrected chi connectivity index (χ0v) is 15.1. The van der Waals surface area contributed by atoms with E-state index in [1.807, 2.05) is 0 Å². The minimum Gasteiger partial charge on any atom is -0.308 e. The van der Waals surface area contributed by atoms with Gasteiger partial charge in [-0.3, -0.25) is 4.90 Å². The molecule has 1 saturated carbocycles. The maximum atomic E-state index is 2.56. The number of rotatable bonds is 9. The first-order valence-electron chi connectivity index (χ1n) is 9.18. The third kappa shape index (κ3) is 5.77. The van der Waals surface area contributed by atoms with E-state index < -0.39 is 0 Å². The number of nitrogens with zero attached hydrogens (tertiary/aromatic N) is 2. The van der Waals surface area contributed by atoms with Gasteiger partial charge in [0, 0.05) is 26.2 Å². The van der Waals surface area contributed by atoms with Gasteiger partial charge in [-0.1, -0.05) is 54.6 Å². The second-order valence-electron chi connectivity index (χ2n) is 7.47. The Morgan fingerprint density at radius 2 is 1.46 bits per heavy atom. The summed E-state index contributed by atoms with van der Waals surface area (Å²) in [7, 11) is 4.30. The minimum atomic E-state index is 0.953. The molecule has 0 radical (unpaired) electrons. The molecular formula is C22H30N2. The SMILES string of the molecule is CN(C)CCN(Cc1ccccc1)Cc1cccc(CC2CC2)c1. The summed E-state index contributed by atoms with van der Waals surface area (Å²) in [6.45, 7) is 4.23. The monoisotopic (exact) mass is 322 g/mol. The van der Waals surface area contributed by atoms with Crippen LogP contribution in [0.25, 0.3) is 0 Å². The molecule has 0 aromatic heterocycles. The van der Waals surface area contributed by atoms with Gasteiger partial charge in [-0.25, -0.2) is 0 Å². The molecule has 2 heteroatoms. The molecule has 0 heterocycles. The highest BCUT2D eigenvalue weighted by molar-refractivity contribution is 5.24. The van der Waals surface area contributed by atoms with Crippen molar-refractivity contribution in [2.24, 2.45) is 5.92 Å². The van der Waals surface area contributed by atoms with Crippen molar-refractivity contribution < 1.29 is 0 Å². The van der Waals surface area contributed by atoms with Gasteiger partial charge in [0.25, 0.3) is 0 Å². The highest BCUT2D eigenvalue weighted by Gasteiger charge is 2.21. The zero-order valence-electron chi connectivity index (χ0n) is 15.1. The topological polar surface area (TPSA) is 6.48 Å². The lowest BCUT2D eigenvalue weighted by molar-refractivity contribution is 0.226. The van der Waals surface area contributed by atoms with E-state index in [1.54, 1.807) is 0 Å². The number of hydrogen-bond acceptors (Lipinski definition) is 2. The summed E-state index contributed by atoms with van der Waals surface area (Å²) in [5, 5.41) is 0. The van der Waals surface area contributed by atoms with Crippen LogP contribution in [-0.4, -0.2) is 37.0 Å². The smallest absolute Gasteiger partial charge is 0.0237 e. The fourth-order valence-electron chi connectivity index (χ4n) is 3.17. The average Bonchev–Trinajstić information content (AvgIpc) is 3.38. The fourth-order valence-corrected chi connectivity index (χ4v) is 3.17. The van der Waals surface area contributed by atoms with Gasteiger partial charge in [-0.15, -0.1) is 0 Å². The Bertz CT molecular complexity index is 617. The molecule has 1 aliphatic carbocycles. The molecular weight excluding hydrogens is 292 g/mol. The third-order valence-corrected chi connectivity index (χ3v) is 4.73. The molecule has 1 aliphatic rings. The molecule has 0 atom stereocenters. The predicted octanol–water partition coefficient (Wildman–Crippen LogP) is 4.20. The quantitative estimate of drug-likeness (QED) is 0.682. The summed E-state index contributed by atoms with van der Waals surface area (Å²) in [6.07, 6.45) is 4.12. The molecule has 1 fully saturated rings. The van der Waals surface area contributed by atoms with E-state index in [0.29, 0.717) is 0 Å². The van der Waals surface area contributed by atoms with Gasteiger partial charge in [-0.05, 0) is 56.0 Å². The van der Waals surface area contributed by atoms with Crippen LogP contribution in [0.15, 0.2) is 54.6 Å². The summed E-state index contributed by atoms with van der Waals surface area (Å²) in [6, 6.07) is 20.1. The Morgan fingerprint density at radius 1 is 0.792 bits per heavy atom. The number of likely N-dealkylation sites (N-methyl/N-ethyl adjacent to an activating group) is 1. The van der Waals surface area contributed by atoms with Gasteiger partial charge in [0.1, 0.15) is 0 Å². The molecule has 0 N–H and O–H groups in total. The molecule has 24 heavy (non-hydrogen) atoms. The van der Waals surface area contributed by atoms with Crippen molar-refractivity contribution in [3.05, 3.63) is 71.3 Å². The van der Waals surface area contributed by atoms with E-state index in [2.05, 4.69) is 78.5 Å². The van der Waals surface area contributed by atoms with E-state index >= 15 is 0 Å². The van der Waals surface area contributed by atoms with Crippen molar-refractivity contribution >= 4 is 0 Å². The molecule has 3 rings (SSSR count). The van der Waals surface area contributed by atoms with Crippen LogP contribution in [0.2, 0.25) is 0 Å². The summed E-state index contributed by atoms with van der Waals surface area (Å²) in [5.41, 5.74) is 4.36. The molecule has 2 nitrogen and oxygen atoms in total. The highest BCUT2D eigenvalue weighted by atomic mass is 15.2. The maximum absolute atomic E-state index is 2.56. The molecule has 0 bridgehead atoms. The lowest BCUT2D eigenvalue weighted by Crippen LogP contribution is -2.31. The van der Waals surface area contributed by atoms with Gasteiger partial charge in [0.05, 0.1) is 0 Å². The molecule has 0 unspecified atom stereocenters. The molecule has 128 valence electrons. The first kappa shape index (κ1) is 17.2. The van der Waals surface area contributed by atoms with Crippen molar-refractivity contribution in [1.82, 2.24) is 9.80 Å². The molecule has 2 aromatic carbocycles. The Labute approximate surface area is 147 Å². The van der Waals surface area contributed by atoms with Crippen LogP contribution >= 0.6 is 0 Å². The van der Waals surface area contributed by atoms with Crippen molar-refractivity contribution in [3.8, 4) is 0 Å². The first-order valence-corrected chi connectivity index (χ1v) is 9.18. The summed E-state index contributed by atoms with van der Waals surface area (Å²) in [4.78, 5) is 4.83. The van der Waals surface area contributed by atoms with E-state index in [1.165, 1.54) is 36.0 Å². The standard InChI is InChI=1S/C22H30N2/c1-23(2)13-14-24(17-20-7-4-3-5-8-20)18-22-10-6-9-21(16-22)15-19-11-12-19/h3-10,16,19H,11-15,17-18H2,1-2H3. The van der Waals surface area contributed by atoms with Gasteiger partial charge < -0.3 is 4.90 Å². The van der Waals surface area contributed by atoms with Crippen LogP contribution in [0.3, 0.4) is 0 Å². The van der Waals surface area contributed by atoms with Gasteiger partial charge in [-0.2, -0.15) is 0 Å². The molecule has 2 aromatic rings. The maximum Gasteiger partial charge on any atom is 0.0237 e. The summed E-state index contributed by atoms with van der Waals surface area (Å²) >= 11 is 0. The number of benzene rings is 2. The summed E-state index contributed by atoms with van der Waals surface area (Å²) < 4.78 is 0. The Balaban J connectivity index is 1.65. The second kappa shape index (κ2) is 8.46. The highest BCUT2D eigenvalue weighted by Crippen LogP contribution is 2.32.